The summed E-state index contributed by atoms with van der Waals surface area (Å²) in [5, 5.41) is 6.89. The van der Waals surface area contributed by atoms with Crippen LogP contribution in [0.4, 0.5) is 5.69 Å². The fourth-order valence-electron chi connectivity index (χ4n) is 3.58. The summed E-state index contributed by atoms with van der Waals surface area (Å²) >= 11 is 0. The molecule has 0 aromatic heterocycles. The Kier molecular flexibility index (Phi) is 10.9. The van der Waals surface area contributed by atoms with Gasteiger partial charge in [0.2, 0.25) is 0 Å². The molecule has 0 aliphatic carbocycles. The van der Waals surface area contributed by atoms with Gasteiger partial charge in [-0.05, 0) is 55.2 Å². The van der Waals surface area contributed by atoms with E-state index in [1.807, 2.05) is 12.1 Å². The van der Waals surface area contributed by atoms with Crippen LogP contribution in [-0.4, -0.2) is 46.4 Å². The molecular weight excluding hydrogens is 503 g/mol. The fraction of sp³-hybridized carbons (Fsp3) is 0.458. The Morgan fingerprint density at radius 1 is 1.10 bits per heavy atom. The number of methoxy groups -OCH3 is 1. The molecule has 1 unspecified atom stereocenters. The summed E-state index contributed by atoms with van der Waals surface area (Å²) < 4.78 is 10.6. The number of nitrogens with zero attached hydrogens (tertiary/aromatic N) is 2. The van der Waals surface area contributed by atoms with Crippen LogP contribution in [0.5, 0.6) is 5.75 Å². The summed E-state index contributed by atoms with van der Waals surface area (Å²) in [6, 6.07) is 17.1. The summed E-state index contributed by atoms with van der Waals surface area (Å²) in [7, 11) is 3.47. The van der Waals surface area contributed by atoms with Crippen LogP contribution in [0.15, 0.2) is 53.5 Å². The van der Waals surface area contributed by atoms with Crippen LogP contribution in [0.1, 0.15) is 36.9 Å². The van der Waals surface area contributed by atoms with Crippen LogP contribution in [0, 0.1) is 0 Å². The van der Waals surface area contributed by atoms with Gasteiger partial charge in [-0.2, -0.15) is 0 Å². The average molecular weight is 538 g/mol. The molecule has 1 aliphatic heterocycles. The predicted molar refractivity (Wildman–Crippen MR) is 139 cm³/mol. The largest absolute Gasteiger partial charge is 0.491 e. The molecule has 1 aliphatic rings. The number of hydrogen-bond acceptors (Lipinski definition) is 4. The fourth-order valence-corrected chi connectivity index (χ4v) is 3.58. The zero-order chi connectivity index (χ0) is 21.2. The molecule has 0 bridgehead atoms. The van der Waals surface area contributed by atoms with Gasteiger partial charge in [0.25, 0.3) is 0 Å². The molecule has 170 valence electrons. The number of nitrogens with one attached hydrogen (secondary N) is 2. The zero-order valence-corrected chi connectivity index (χ0v) is 21.1. The average Bonchev–Trinajstić information content (AvgIpc) is 3.33. The molecule has 0 radical (unpaired) electrons. The van der Waals surface area contributed by atoms with Gasteiger partial charge < -0.3 is 25.0 Å². The van der Waals surface area contributed by atoms with Gasteiger partial charge in [-0.3, -0.25) is 4.99 Å². The number of aliphatic imine (C=N–C) groups is 1. The highest BCUT2D eigenvalue weighted by Gasteiger charge is 2.14. The first kappa shape index (κ1) is 25.3. The van der Waals surface area contributed by atoms with Crippen molar-refractivity contribution in [1.29, 1.82) is 0 Å². The van der Waals surface area contributed by atoms with Crippen LogP contribution in [0.2, 0.25) is 0 Å². The van der Waals surface area contributed by atoms with Gasteiger partial charge in [0.15, 0.2) is 5.96 Å². The Morgan fingerprint density at radius 3 is 2.52 bits per heavy atom. The highest BCUT2D eigenvalue weighted by Crippen LogP contribution is 2.24. The van der Waals surface area contributed by atoms with Crippen LogP contribution in [-0.2, 0) is 11.3 Å². The minimum Gasteiger partial charge on any atom is -0.491 e. The van der Waals surface area contributed by atoms with Crippen LogP contribution in [0.3, 0.4) is 0 Å². The van der Waals surface area contributed by atoms with Gasteiger partial charge in [0.1, 0.15) is 12.4 Å². The lowest BCUT2D eigenvalue weighted by molar-refractivity contribution is 0.146. The molecule has 0 spiro atoms. The van der Waals surface area contributed by atoms with E-state index >= 15 is 0 Å². The molecule has 1 saturated heterocycles. The Morgan fingerprint density at radius 2 is 1.84 bits per heavy atom. The number of benzene rings is 2. The first-order valence-corrected chi connectivity index (χ1v) is 10.7. The monoisotopic (exact) mass is 538 g/mol. The molecule has 2 aromatic carbocycles. The van der Waals surface area contributed by atoms with Crippen LogP contribution < -0.4 is 20.3 Å². The number of hydrogen-bond donors (Lipinski definition) is 2. The van der Waals surface area contributed by atoms with Crippen molar-refractivity contribution in [3.05, 3.63) is 59.7 Å². The lowest BCUT2D eigenvalue weighted by atomic mass is 10.1. The van der Waals surface area contributed by atoms with Crippen molar-refractivity contribution < 1.29 is 9.47 Å². The smallest absolute Gasteiger partial charge is 0.191 e. The number of anilines is 1. The lowest BCUT2D eigenvalue weighted by Gasteiger charge is -2.22. The number of ether oxygens (including phenoxy) is 2. The van der Waals surface area contributed by atoms with E-state index < -0.39 is 0 Å². The van der Waals surface area contributed by atoms with Gasteiger partial charge in [-0.15, -0.1) is 24.0 Å². The SMILES string of the molecule is CN=C(NCc1ccc(OCCOC)cc1)NC(C)c1cccc(N2CCCC2)c1.I. The van der Waals surface area contributed by atoms with Gasteiger partial charge in [0.05, 0.1) is 12.6 Å². The molecule has 1 fully saturated rings. The normalized spacial score (nSPS) is 14.7. The predicted octanol–water partition coefficient (Wildman–Crippen LogP) is 4.36. The topological polar surface area (TPSA) is 58.1 Å². The van der Waals surface area contributed by atoms with E-state index in [1.54, 1.807) is 14.2 Å². The van der Waals surface area contributed by atoms with E-state index in [1.165, 1.54) is 29.7 Å². The van der Waals surface area contributed by atoms with Crippen molar-refractivity contribution >= 4 is 35.6 Å². The van der Waals surface area contributed by atoms with E-state index in [4.69, 9.17) is 9.47 Å². The summed E-state index contributed by atoms with van der Waals surface area (Å²) in [5.74, 6) is 1.64. The van der Waals surface area contributed by atoms with E-state index in [2.05, 4.69) is 63.8 Å². The van der Waals surface area contributed by atoms with E-state index in [9.17, 15) is 0 Å². The molecule has 2 aromatic rings. The van der Waals surface area contributed by atoms with Gasteiger partial charge >= 0.3 is 0 Å². The van der Waals surface area contributed by atoms with E-state index in [-0.39, 0.29) is 30.0 Å². The molecule has 7 heteroatoms. The van der Waals surface area contributed by atoms with E-state index in [0.29, 0.717) is 19.8 Å². The molecule has 2 N–H and O–H groups in total. The van der Waals surface area contributed by atoms with Crippen molar-refractivity contribution in [3.8, 4) is 5.75 Å². The number of halogens is 1. The van der Waals surface area contributed by atoms with Gasteiger partial charge in [0, 0.05) is 39.5 Å². The summed E-state index contributed by atoms with van der Waals surface area (Å²) in [6.45, 7) is 6.32. The van der Waals surface area contributed by atoms with Crippen molar-refractivity contribution in [3.63, 3.8) is 0 Å². The van der Waals surface area contributed by atoms with Crippen molar-refractivity contribution in [2.45, 2.75) is 32.4 Å². The summed E-state index contributed by atoms with van der Waals surface area (Å²) in [4.78, 5) is 6.85. The van der Waals surface area contributed by atoms with E-state index in [0.717, 1.165) is 24.8 Å². The number of rotatable bonds is 9. The molecule has 0 amide bonds. The summed E-state index contributed by atoms with van der Waals surface area (Å²) in [5.41, 5.74) is 3.75. The third-order valence-corrected chi connectivity index (χ3v) is 5.36. The molecule has 0 saturated carbocycles. The maximum Gasteiger partial charge on any atom is 0.191 e. The Balaban J connectivity index is 0.00000341. The Hall–Kier alpha value is -2.00. The van der Waals surface area contributed by atoms with Gasteiger partial charge in [-0.1, -0.05) is 24.3 Å². The molecule has 3 rings (SSSR count). The van der Waals surface area contributed by atoms with Crippen molar-refractivity contribution in [2.75, 3.05) is 45.4 Å². The second-order valence-corrected chi connectivity index (χ2v) is 7.57. The van der Waals surface area contributed by atoms with Crippen molar-refractivity contribution in [2.24, 2.45) is 4.99 Å². The maximum absolute atomic E-state index is 5.61. The Bertz CT molecular complexity index is 807. The first-order valence-electron chi connectivity index (χ1n) is 10.7. The summed E-state index contributed by atoms with van der Waals surface area (Å²) in [6.07, 6.45) is 2.57. The standard InChI is InChI=1S/C24H34N4O2.HI/c1-19(21-7-6-8-22(17-21)28-13-4-5-14-28)27-24(25-2)26-18-20-9-11-23(12-10-20)30-16-15-29-3;/h6-12,17,19H,4-5,13-16,18H2,1-3H3,(H2,25,26,27);1H. The third kappa shape index (κ3) is 7.88. The minimum atomic E-state index is 0. The van der Waals surface area contributed by atoms with Gasteiger partial charge in [-0.25, -0.2) is 0 Å². The van der Waals surface area contributed by atoms with Crippen molar-refractivity contribution in [1.82, 2.24) is 10.6 Å². The molecule has 1 atom stereocenters. The Labute approximate surface area is 203 Å². The minimum absolute atomic E-state index is 0. The second-order valence-electron chi connectivity index (χ2n) is 7.57. The molecular formula is C24H35IN4O2. The second kappa shape index (κ2) is 13.4. The maximum atomic E-state index is 5.61. The first-order chi connectivity index (χ1) is 14.7. The molecule has 31 heavy (non-hydrogen) atoms. The van der Waals surface area contributed by atoms with Crippen LogP contribution >= 0.6 is 24.0 Å². The zero-order valence-electron chi connectivity index (χ0n) is 18.8. The van der Waals surface area contributed by atoms with Crippen LogP contribution in [0.25, 0.3) is 0 Å². The lowest BCUT2D eigenvalue weighted by Crippen LogP contribution is -2.38. The highest BCUT2D eigenvalue weighted by atomic mass is 127. The molecule has 6 nitrogen and oxygen atoms in total. The third-order valence-electron chi connectivity index (χ3n) is 5.36. The molecule has 1 heterocycles. The number of guanidine groups is 1. The highest BCUT2D eigenvalue weighted by molar-refractivity contribution is 14.0. The quantitative estimate of drug-likeness (QED) is 0.215.